The number of anilines is 2. The minimum Gasteiger partial charge on any atom is -0.382 e. The molecular formula is C15H21FN4. The average molecular weight is 276 g/mol. The van der Waals surface area contributed by atoms with Gasteiger partial charge in [-0.3, -0.25) is 0 Å². The molecule has 0 amide bonds. The van der Waals surface area contributed by atoms with Gasteiger partial charge in [-0.05, 0) is 20.2 Å². The van der Waals surface area contributed by atoms with Crippen LogP contribution in [0.4, 0.5) is 15.9 Å². The van der Waals surface area contributed by atoms with Gasteiger partial charge in [0.2, 0.25) is 0 Å². The van der Waals surface area contributed by atoms with Crippen LogP contribution >= 0.6 is 0 Å². The van der Waals surface area contributed by atoms with E-state index < -0.39 is 0 Å². The van der Waals surface area contributed by atoms with E-state index >= 15 is 0 Å². The van der Waals surface area contributed by atoms with Crippen LogP contribution < -0.4 is 10.2 Å². The minimum absolute atomic E-state index is 0.241. The summed E-state index contributed by atoms with van der Waals surface area (Å²) in [6, 6.07) is 5.12. The van der Waals surface area contributed by atoms with Crippen LogP contribution in [0.3, 0.4) is 0 Å². The molecule has 0 radical (unpaired) electrons. The Bertz CT molecular complexity index is 596. The zero-order chi connectivity index (χ0) is 14.7. The van der Waals surface area contributed by atoms with Crippen molar-refractivity contribution in [2.45, 2.75) is 0 Å². The van der Waals surface area contributed by atoms with E-state index in [1.54, 1.807) is 12.3 Å². The number of halogens is 1. The lowest BCUT2D eigenvalue weighted by molar-refractivity contribution is 0.425. The van der Waals surface area contributed by atoms with Gasteiger partial charge >= 0.3 is 0 Å². The molecule has 0 fully saturated rings. The maximum atomic E-state index is 14.1. The number of fused-ring (bicyclic) bond motifs is 1. The van der Waals surface area contributed by atoms with Gasteiger partial charge in [0.1, 0.15) is 11.6 Å². The van der Waals surface area contributed by atoms with E-state index in [9.17, 15) is 4.39 Å². The quantitative estimate of drug-likeness (QED) is 0.909. The second-order valence-electron chi connectivity index (χ2n) is 5.28. The summed E-state index contributed by atoms with van der Waals surface area (Å²) < 4.78 is 14.1. The Morgan fingerprint density at radius 1 is 1.20 bits per heavy atom. The zero-order valence-electron chi connectivity index (χ0n) is 12.4. The fraction of sp³-hybridized carbons (Fsp3) is 0.400. The molecule has 108 valence electrons. The van der Waals surface area contributed by atoms with E-state index in [1.807, 2.05) is 39.2 Å². The molecule has 5 heteroatoms. The van der Waals surface area contributed by atoms with Gasteiger partial charge < -0.3 is 15.1 Å². The van der Waals surface area contributed by atoms with Gasteiger partial charge in [-0.2, -0.15) is 0 Å². The summed E-state index contributed by atoms with van der Waals surface area (Å²) in [5.74, 6) is 0.409. The van der Waals surface area contributed by atoms with Crippen molar-refractivity contribution in [3.8, 4) is 0 Å². The van der Waals surface area contributed by atoms with Gasteiger partial charge in [0.25, 0.3) is 0 Å². The molecule has 1 aromatic heterocycles. The lowest BCUT2D eigenvalue weighted by atomic mass is 10.1. The summed E-state index contributed by atoms with van der Waals surface area (Å²) in [4.78, 5) is 8.30. The van der Waals surface area contributed by atoms with Crippen molar-refractivity contribution in [3.63, 3.8) is 0 Å². The summed E-state index contributed by atoms with van der Waals surface area (Å²) >= 11 is 0. The second kappa shape index (κ2) is 6.05. The van der Waals surface area contributed by atoms with Gasteiger partial charge in [0.15, 0.2) is 0 Å². The molecular weight excluding hydrogens is 255 g/mol. The predicted molar refractivity (Wildman–Crippen MR) is 83.1 cm³/mol. The summed E-state index contributed by atoms with van der Waals surface area (Å²) in [6.07, 6.45) is 1.77. The fourth-order valence-corrected chi connectivity index (χ4v) is 2.13. The van der Waals surface area contributed by atoms with E-state index in [2.05, 4.69) is 15.2 Å². The number of hydrogen-bond donors (Lipinski definition) is 1. The Labute approximate surface area is 119 Å². The third-order valence-electron chi connectivity index (χ3n) is 3.14. The van der Waals surface area contributed by atoms with Crippen LogP contribution in [-0.4, -0.2) is 51.2 Å². The van der Waals surface area contributed by atoms with Crippen LogP contribution in [0.1, 0.15) is 0 Å². The van der Waals surface area contributed by atoms with Gasteiger partial charge in [0, 0.05) is 32.6 Å². The van der Waals surface area contributed by atoms with E-state index in [-0.39, 0.29) is 5.82 Å². The molecule has 0 aliphatic carbocycles. The third-order valence-corrected chi connectivity index (χ3v) is 3.14. The first kappa shape index (κ1) is 14.5. The fourth-order valence-electron chi connectivity index (χ4n) is 2.13. The number of aromatic nitrogens is 1. The summed E-state index contributed by atoms with van der Waals surface area (Å²) in [5, 5.41) is 4.75. The van der Waals surface area contributed by atoms with Gasteiger partial charge in [-0.15, -0.1) is 0 Å². The van der Waals surface area contributed by atoms with Gasteiger partial charge in [0.05, 0.1) is 17.3 Å². The van der Waals surface area contributed by atoms with E-state index in [4.69, 9.17) is 0 Å². The molecule has 2 aromatic rings. The summed E-state index contributed by atoms with van der Waals surface area (Å²) in [7, 11) is 7.78. The lowest BCUT2D eigenvalue weighted by Gasteiger charge is -2.18. The highest BCUT2D eigenvalue weighted by atomic mass is 19.1. The number of nitrogens with zero attached hydrogens (tertiary/aromatic N) is 3. The van der Waals surface area contributed by atoms with Crippen molar-refractivity contribution >= 4 is 22.3 Å². The number of rotatable bonds is 5. The highest BCUT2D eigenvalue weighted by molar-refractivity contribution is 6.00. The molecule has 1 aromatic carbocycles. The standard InChI is InChI=1S/C15H21FN4/c1-19(2)9-8-17-13-10-18-15(20(3)4)14-11(13)6-5-7-12(14)16/h5-7,10,17H,8-9H2,1-4H3. The lowest BCUT2D eigenvalue weighted by Crippen LogP contribution is -2.21. The highest BCUT2D eigenvalue weighted by Crippen LogP contribution is 2.31. The first-order valence-electron chi connectivity index (χ1n) is 6.64. The molecule has 0 bridgehead atoms. The Kier molecular flexibility index (Phi) is 4.39. The third kappa shape index (κ3) is 2.99. The second-order valence-corrected chi connectivity index (χ2v) is 5.28. The number of nitrogens with one attached hydrogen (secondary N) is 1. The number of benzene rings is 1. The number of pyridine rings is 1. The van der Waals surface area contributed by atoms with Gasteiger partial charge in [-0.25, -0.2) is 9.37 Å². The van der Waals surface area contributed by atoms with Crippen LogP contribution in [0.15, 0.2) is 24.4 Å². The first-order valence-corrected chi connectivity index (χ1v) is 6.64. The van der Waals surface area contributed by atoms with Crippen LogP contribution in [-0.2, 0) is 0 Å². The molecule has 0 atom stereocenters. The maximum absolute atomic E-state index is 14.1. The largest absolute Gasteiger partial charge is 0.382 e. The molecule has 4 nitrogen and oxygen atoms in total. The van der Waals surface area contributed by atoms with Crippen LogP contribution in [0, 0.1) is 5.82 Å². The number of likely N-dealkylation sites (N-methyl/N-ethyl adjacent to an activating group) is 1. The van der Waals surface area contributed by atoms with Crippen molar-refractivity contribution < 1.29 is 4.39 Å². The minimum atomic E-state index is -0.241. The summed E-state index contributed by atoms with van der Waals surface area (Å²) in [5.41, 5.74) is 0.868. The molecule has 1 N–H and O–H groups in total. The van der Waals surface area contributed by atoms with Crippen LogP contribution in [0.5, 0.6) is 0 Å². The first-order chi connectivity index (χ1) is 9.50. The molecule has 0 spiro atoms. The molecule has 20 heavy (non-hydrogen) atoms. The SMILES string of the molecule is CN(C)CCNc1cnc(N(C)C)c2c(F)cccc12. The van der Waals surface area contributed by atoms with Crippen molar-refractivity contribution in [2.75, 3.05) is 51.5 Å². The number of hydrogen-bond acceptors (Lipinski definition) is 4. The Morgan fingerprint density at radius 2 is 1.95 bits per heavy atom. The molecule has 0 aliphatic heterocycles. The Morgan fingerprint density at radius 3 is 2.60 bits per heavy atom. The smallest absolute Gasteiger partial charge is 0.139 e. The van der Waals surface area contributed by atoms with Crippen LogP contribution in [0.2, 0.25) is 0 Å². The van der Waals surface area contributed by atoms with Crippen molar-refractivity contribution in [1.29, 1.82) is 0 Å². The normalized spacial score (nSPS) is 11.1. The molecule has 0 saturated heterocycles. The molecule has 0 unspecified atom stereocenters. The molecule has 2 rings (SSSR count). The Hall–Kier alpha value is -1.88. The van der Waals surface area contributed by atoms with Crippen LogP contribution in [0.25, 0.3) is 10.8 Å². The molecule has 1 heterocycles. The van der Waals surface area contributed by atoms with E-state index in [1.165, 1.54) is 6.07 Å². The van der Waals surface area contributed by atoms with E-state index in [0.717, 1.165) is 24.2 Å². The molecule has 0 saturated carbocycles. The topological polar surface area (TPSA) is 31.4 Å². The van der Waals surface area contributed by atoms with Crippen molar-refractivity contribution in [2.24, 2.45) is 0 Å². The average Bonchev–Trinajstić information content (AvgIpc) is 2.38. The maximum Gasteiger partial charge on any atom is 0.139 e. The summed E-state index contributed by atoms with van der Waals surface area (Å²) in [6.45, 7) is 1.70. The Balaban J connectivity index is 2.42. The predicted octanol–water partition coefficient (Wildman–Crippen LogP) is 2.41. The van der Waals surface area contributed by atoms with E-state index in [0.29, 0.717) is 11.2 Å². The van der Waals surface area contributed by atoms with Crippen molar-refractivity contribution in [1.82, 2.24) is 9.88 Å². The monoisotopic (exact) mass is 276 g/mol. The molecule has 0 aliphatic rings. The highest BCUT2D eigenvalue weighted by Gasteiger charge is 2.12. The zero-order valence-corrected chi connectivity index (χ0v) is 12.4. The van der Waals surface area contributed by atoms with Crippen molar-refractivity contribution in [3.05, 3.63) is 30.2 Å². The van der Waals surface area contributed by atoms with Gasteiger partial charge in [-0.1, -0.05) is 12.1 Å².